The fraction of sp³-hybridized carbons (Fsp3) is 0.452. The molecule has 2 aliphatic carbocycles. The molecule has 41 heavy (non-hydrogen) atoms. The van der Waals surface area contributed by atoms with E-state index in [2.05, 4.69) is 50.5 Å². The van der Waals surface area contributed by atoms with E-state index in [9.17, 15) is 19.8 Å². The largest absolute Gasteiger partial charge is 0.448 e. The Kier molecular flexibility index (Phi) is 7.68. The lowest BCUT2D eigenvalue weighted by molar-refractivity contribution is -0.0278. The summed E-state index contributed by atoms with van der Waals surface area (Å²) in [6.45, 7) is 5.23. The number of amides is 2. The number of aliphatic hydroxyl groups is 2. The number of rotatable bonds is 7. The Morgan fingerprint density at radius 2 is 1.66 bits per heavy atom. The molecule has 1 aliphatic heterocycles. The Morgan fingerprint density at radius 3 is 2.39 bits per heavy atom. The summed E-state index contributed by atoms with van der Waals surface area (Å²) in [4.78, 5) is 35.4. The molecule has 0 spiro atoms. The topological polar surface area (TPSA) is 131 Å². The van der Waals surface area contributed by atoms with Crippen molar-refractivity contribution in [3.8, 4) is 0 Å². The van der Waals surface area contributed by atoms with Crippen molar-refractivity contribution in [1.82, 2.24) is 10.3 Å². The standard InChI is InChI=1S/C31H37N5O5/c1-19-5-2-3-7-25(19)35-13-15-36(16-14-35)26-12-11-21(29(39)32-22-6-4-8-27(37)28(22)38)17-23(26)33-30(40)24-18-41-31(34-24)20-9-10-20/h2-3,5,7,11-12,17-18,20,22,27-28,37-38H,4,6,8-10,13-16H2,1H3,(H,32,39)(H,33,40)/t22-,27+,28-/m1/s1. The number of oxazole rings is 1. The first-order valence-electron chi connectivity index (χ1n) is 14.5. The molecular formula is C31H37N5O5. The first kappa shape index (κ1) is 27.3. The highest BCUT2D eigenvalue weighted by molar-refractivity contribution is 6.06. The van der Waals surface area contributed by atoms with Gasteiger partial charge >= 0.3 is 0 Å². The second kappa shape index (κ2) is 11.5. The molecule has 3 aliphatic rings. The molecule has 4 N–H and O–H groups in total. The van der Waals surface area contributed by atoms with E-state index in [1.165, 1.54) is 17.5 Å². The molecule has 10 heteroatoms. The highest BCUT2D eigenvalue weighted by atomic mass is 16.3. The van der Waals surface area contributed by atoms with Crippen LogP contribution < -0.4 is 20.4 Å². The number of nitrogens with zero attached hydrogens (tertiary/aromatic N) is 3. The third-order valence-electron chi connectivity index (χ3n) is 8.40. The number of aromatic nitrogens is 1. The van der Waals surface area contributed by atoms with E-state index < -0.39 is 24.2 Å². The van der Waals surface area contributed by atoms with Crippen LogP contribution in [0.1, 0.15) is 70.3 Å². The van der Waals surface area contributed by atoms with Crippen molar-refractivity contribution in [2.75, 3.05) is 41.3 Å². The second-order valence-corrected chi connectivity index (χ2v) is 11.4. The first-order chi connectivity index (χ1) is 19.9. The quantitative estimate of drug-likeness (QED) is 0.346. The first-order valence-corrected chi connectivity index (χ1v) is 14.5. The number of aryl methyl sites for hydroxylation is 1. The van der Waals surface area contributed by atoms with Crippen LogP contribution in [0.3, 0.4) is 0 Å². The molecule has 3 fully saturated rings. The maximum atomic E-state index is 13.2. The van der Waals surface area contributed by atoms with Gasteiger partial charge in [-0.1, -0.05) is 18.2 Å². The molecule has 6 rings (SSSR count). The maximum absolute atomic E-state index is 13.2. The smallest absolute Gasteiger partial charge is 0.277 e. The van der Waals surface area contributed by atoms with Crippen molar-refractivity contribution in [2.45, 2.75) is 63.2 Å². The Labute approximate surface area is 239 Å². The van der Waals surface area contributed by atoms with Crippen LogP contribution in [0.25, 0.3) is 0 Å². The number of benzene rings is 2. The lowest BCUT2D eigenvalue weighted by atomic mass is 9.90. The second-order valence-electron chi connectivity index (χ2n) is 11.4. The van der Waals surface area contributed by atoms with Gasteiger partial charge in [0.25, 0.3) is 11.8 Å². The Hall–Kier alpha value is -3.89. The van der Waals surface area contributed by atoms with Gasteiger partial charge in [0, 0.05) is 43.3 Å². The molecule has 2 aromatic carbocycles. The van der Waals surface area contributed by atoms with E-state index in [0.29, 0.717) is 30.0 Å². The van der Waals surface area contributed by atoms with Gasteiger partial charge in [-0.2, -0.15) is 0 Å². The fourth-order valence-corrected chi connectivity index (χ4v) is 5.82. The summed E-state index contributed by atoms with van der Waals surface area (Å²) in [5.74, 6) is 0.109. The van der Waals surface area contributed by atoms with Crippen molar-refractivity contribution in [3.63, 3.8) is 0 Å². The summed E-state index contributed by atoms with van der Waals surface area (Å²) in [7, 11) is 0. The van der Waals surface area contributed by atoms with E-state index >= 15 is 0 Å². The molecule has 2 amide bonds. The lowest BCUT2D eigenvalue weighted by Crippen LogP contribution is -2.51. The number of nitrogens with one attached hydrogen (secondary N) is 2. The van der Waals surface area contributed by atoms with Gasteiger partial charge in [0.05, 0.1) is 29.6 Å². The predicted molar refractivity (Wildman–Crippen MR) is 156 cm³/mol. The van der Waals surface area contributed by atoms with E-state index in [1.54, 1.807) is 12.1 Å². The summed E-state index contributed by atoms with van der Waals surface area (Å²) in [6, 6.07) is 13.1. The average molecular weight is 560 g/mol. The van der Waals surface area contributed by atoms with Crippen LogP contribution in [0.2, 0.25) is 0 Å². The number of carbonyl (C=O) groups excluding carboxylic acids is 2. The zero-order valence-electron chi connectivity index (χ0n) is 23.3. The van der Waals surface area contributed by atoms with Crippen molar-refractivity contribution in [2.24, 2.45) is 0 Å². The summed E-state index contributed by atoms with van der Waals surface area (Å²) in [6.07, 6.45) is 3.38. The van der Waals surface area contributed by atoms with Crippen LogP contribution >= 0.6 is 0 Å². The maximum Gasteiger partial charge on any atom is 0.277 e. The van der Waals surface area contributed by atoms with Crippen LogP contribution in [-0.4, -0.2) is 71.4 Å². The predicted octanol–water partition coefficient (Wildman–Crippen LogP) is 3.44. The molecule has 3 atom stereocenters. The number of hydrogen-bond donors (Lipinski definition) is 4. The van der Waals surface area contributed by atoms with Crippen LogP contribution in [0.15, 0.2) is 53.1 Å². The van der Waals surface area contributed by atoms with Crippen molar-refractivity contribution in [3.05, 3.63) is 71.4 Å². The monoisotopic (exact) mass is 559 g/mol. The molecular weight excluding hydrogens is 522 g/mol. The van der Waals surface area contributed by atoms with Gasteiger partial charge in [-0.15, -0.1) is 0 Å². The molecule has 216 valence electrons. The minimum Gasteiger partial charge on any atom is -0.448 e. The number of para-hydroxylation sites is 1. The molecule has 0 radical (unpaired) electrons. The molecule has 2 saturated carbocycles. The van der Waals surface area contributed by atoms with E-state index in [-0.39, 0.29) is 17.5 Å². The van der Waals surface area contributed by atoms with Crippen LogP contribution in [0.5, 0.6) is 0 Å². The molecule has 0 unspecified atom stereocenters. The third-order valence-corrected chi connectivity index (χ3v) is 8.40. The number of anilines is 3. The Morgan fingerprint density at radius 1 is 0.927 bits per heavy atom. The molecule has 10 nitrogen and oxygen atoms in total. The minimum absolute atomic E-state index is 0.205. The highest BCUT2D eigenvalue weighted by Gasteiger charge is 2.32. The number of hydrogen-bond acceptors (Lipinski definition) is 8. The molecule has 3 aromatic rings. The van der Waals surface area contributed by atoms with Gasteiger partial charge in [-0.3, -0.25) is 9.59 Å². The van der Waals surface area contributed by atoms with Crippen LogP contribution in [0.4, 0.5) is 17.1 Å². The summed E-state index contributed by atoms with van der Waals surface area (Å²) >= 11 is 0. The van der Waals surface area contributed by atoms with Gasteiger partial charge < -0.3 is 35.1 Å². The van der Waals surface area contributed by atoms with E-state index in [0.717, 1.165) is 51.1 Å². The van der Waals surface area contributed by atoms with Crippen LogP contribution in [0, 0.1) is 6.92 Å². The van der Waals surface area contributed by atoms with Gasteiger partial charge in [-0.05, 0) is 68.9 Å². The van der Waals surface area contributed by atoms with Gasteiger partial charge in [0.2, 0.25) is 0 Å². The molecule has 0 bridgehead atoms. The molecule has 1 aromatic heterocycles. The van der Waals surface area contributed by atoms with Gasteiger partial charge in [-0.25, -0.2) is 4.98 Å². The van der Waals surface area contributed by atoms with Crippen LogP contribution in [-0.2, 0) is 0 Å². The highest BCUT2D eigenvalue weighted by Crippen LogP contribution is 2.39. The van der Waals surface area contributed by atoms with Gasteiger partial charge in [0.1, 0.15) is 6.26 Å². The lowest BCUT2D eigenvalue weighted by Gasteiger charge is -2.38. The van der Waals surface area contributed by atoms with Gasteiger partial charge in [0.15, 0.2) is 11.6 Å². The summed E-state index contributed by atoms with van der Waals surface area (Å²) in [5, 5.41) is 26.3. The number of aliphatic hydroxyl groups excluding tert-OH is 2. The van der Waals surface area contributed by atoms with Crippen molar-refractivity contribution in [1.29, 1.82) is 0 Å². The summed E-state index contributed by atoms with van der Waals surface area (Å²) < 4.78 is 5.53. The van der Waals surface area contributed by atoms with Crippen molar-refractivity contribution < 1.29 is 24.2 Å². The van der Waals surface area contributed by atoms with E-state index in [4.69, 9.17) is 4.42 Å². The minimum atomic E-state index is -1.01. The number of carbonyl (C=O) groups is 2. The average Bonchev–Trinajstić information content (AvgIpc) is 3.71. The zero-order valence-corrected chi connectivity index (χ0v) is 23.3. The summed E-state index contributed by atoms with van der Waals surface area (Å²) in [5.41, 5.74) is 4.34. The molecule has 2 heterocycles. The Bertz CT molecular complexity index is 1410. The Balaban J connectivity index is 1.22. The third kappa shape index (κ3) is 5.94. The SMILES string of the molecule is Cc1ccccc1N1CCN(c2ccc(C(=O)N[C@@H]3CCC[C@H](O)[C@@H]3O)cc2NC(=O)c2coc(C3CC3)n2)CC1. The zero-order chi connectivity index (χ0) is 28.5. The fourth-order valence-electron chi connectivity index (χ4n) is 5.82. The van der Waals surface area contributed by atoms with E-state index in [1.807, 2.05) is 12.1 Å². The molecule has 1 saturated heterocycles. The normalized spacial score (nSPS) is 22.9. The van der Waals surface area contributed by atoms with Crippen molar-refractivity contribution >= 4 is 28.9 Å². The number of piperazine rings is 1.